The highest BCUT2D eigenvalue weighted by molar-refractivity contribution is 6.04. The van der Waals surface area contributed by atoms with Gasteiger partial charge in [0.1, 0.15) is 55.1 Å². The van der Waals surface area contributed by atoms with Gasteiger partial charge in [0.2, 0.25) is 0 Å². The molecule has 520 valence electrons. The number of hydrogen-bond donors (Lipinski definition) is 0. The summed E-state index contributed by atoms with van der Waals surface area (Å²) in [6, 6.07) is 3.94. The van der Waals surface area contributed by atoms with E-state index in [1.807, 2.05) is 87.1 Å². The number of carbonyl (C=O) groups excluding carboxylic acids is 8. The van der Waals surface area contributed by atoms with Crippen molar-refractivity contribution in [1.82, 2.24) is 19.6 Å². The van der Waals surface area contributed by atoms with E-state index in [4.69, 9.17) is 51.0 Å². The molecule has 0 bridgehead atoms. The van der Waals surface area contributed by atoms with E-state index in [1.54, 1.807) is 0 Å². The fourth-order valence-electron chi connectivity index (χ4n) is 15.0. The molecule has 4 saturated heterocycles. The van der Waals surface area contributed by atoms with E-state index in [9.17, 15) is 29.7 Å². The minimum absolute atomic E-state index is 0.00854. The molecule has 0 aromatic carbocycles. The fourth-order valence-corrected chi connectivity index (χ4v) is 15.0. The first-order valence-electron chi connectivity index (χ1n) is 33.4. The van der Waals surface area contributed by atoms with Crippen LogP contribution in [0.1, 0.15) is 158 Å². The Morgan fingerprint density at radius 1 is 0.381 bits per heavy atom. The van der Waals surface area contributed by atoms with Crippen molar-refractivity contribution in [2.45, 2.75) is 158 Å². The predicted octanol–water partition coefficient (Wildman–Crippen LogP) is 9.50. The van der Waals surface area contributed by atoms with Crippen molar-refractivity contribution in [3.63, 3.8) is 0 Å². The van der Waals surface area contributed by atoms with Crippen molar-refractivity contribution < 1.29 is 76.3 Å². The largest absolute Gasteiger partial charge is 0.470 e. The first-order valence-corrected chi connectivity index (χ1v) is 33.4. The van der Waals surface area contributed by atoms with Crippen LogP contribution in [0.4, 0.5) is 0 Å². The average molecular weight is 1340 g/mol. The minimum Gasteiger partial charge on any atom is -0.470 e. The Bertz CT molecular complexity index is 3200. The van der Waals surface area contributed by atoms with E-state index in [1.165, 1.54) is 28.4 Å². The maximum atomic E-state index is 15.2. The topological polar surface area (TPSA) is 280 Å². The van der Waals surface area contributed by atoms with Crippen molar-refractivity contribution in [3.8, 4) is 12.1 Å². The van der Waals surface area contributed by atoms with Crippen LogP contribution in [0, 0.1) is 62.9 Å². The molecule has 0 aromatic heterocycles. The van der Waals surface area contributed by atoms with Crippen molar-refractivity contribution in [1.29, 1.82) is 10.5 Å². The number of methoxy groups -OCH3 is 4. The van der Waals surface area contributed by atoms with Crippen LogP contribution in [0.15, 0.2) is 89.9 Å². The minimum atomic E-state index is -2.34. The second kappa shape index (κ2) is 30.5. The summed E-state index contributed by atoms with van der Waals surface area (Å²) in [4.78, 5) is 132. The zero-order chi connectivity index (χ0) is 71.0. The van der Waals surface area contributed by atoms with Gasteiger partial charge in [0.15, 0.2) is 0 Å². The van der Waals surface area contributed by atoms with Gasteiger partial charge in [0.25, 0.3) is 11.4 Å². The predicted molar refractivity (Wildman–Crippen MR) is 350 cm³/mol. The van der Waals surface area contributed by atoms with Gasteiger partial charge >= 0.3 is 47.8 Å². The Hall–Kier alpha value is -9.16. The number of hydrogen-bond acceptors (Lipinski definition) is 22. The van der Waals surface area contributed by atoms with E-state index < -0.39 is 124 Å². The van der Waals surface area contributed by atoms with E-state index >= 15 is 19.2 Å². The van der Waals surface area contributed by atoms with E-state index in [-0.39, 0.29) is 70.3 Å². The number of carbonyl (C=O) groups is 8. The number of esters is 8. The summed E-state index contributed by atoms with van der Waals surface area (Å²) < 4.78 is 46.0. The molecule has 0 unspecified atom stereocenters. The van der Waals surface area contributed by atoms with Gasteiger partial charge in [-0.15, -0.1) is 0 Å². The molecule has 97 heavy (non-hydrogen) atoms. The maximum Gasteiger partial charge on any atom is 0.349 e. The lowest BCUT2D eigenvalue weighted by Gasteiger charge is -2.38. The summed E-state index contributed by atoms with van der Waals surface area (Å²) in [5.41, 5.74) is -4.87. The Balaban J connectivity index is 1.33. The molecule has 8 aliphatic rings. The first-order chi connectivity index (χ1) is 45.9. The van der Waals surface area contributed by atoms with E-state index in [0.717, 1.165) is 51.4 Å². The molecule has 0 radical (unpaired) electrons. The van der Waals surface area contributed by atoms with Crippen LogP contribution >= 0.6 is 0 Å². The molecule has 24 nitrogen and oxygen atoms in total. The first kappa shape index (κ1) is 73.6. The highest BCUT2D eigenvalue weighted by Gasteiger charge is 2.47. The lowest BCUT2D eigenvalue weighted by molar-refractivity contribution is -0.165. The molecular formula is C73H92N8O16. The number of nitriles is 2. The third-order valence-electron chi connectivity index (χ3n) is 19.5. The van der Waals surface area contributed by atoms with Gasteiger partial charge in [-0.1, -0.05) is 55.4 Å². The van der Waals surface area contributed by atoms with Gasteiger partial charge in [-0.2, -0.15) is 10.5 Å². The summed E-state index contributed by atoms with van der Waals surface area (Å²) in [5.74, 6) is -8.46. The Morgan fingerprint density at radius 2 is 0.598 bits per heavy atom. The number of rotatable bonds is 20. The molecule has 0 N–H and O–H groups in total. The molecule has 4 aliphatic carbocycles. The molecule has 8 rings (SSSR count). The standard InChI is InChI=1S/C73H92N8O16/c1-69(2)31-45(55(63(84)90-11)51(35-69)78-23-15-16-24-78)49(39-74)61(82)94-41-73(42-95-62(83)50(40-75)46-32-70(3,4)36-52(56(46)64(85)91-12)79-25-17-18-26-79,43-96-67(88)59(76-9)47-33-71(5,6)37-53(57(47)65(86)92-13)80-27-19-20-28-80)44-97-68(89)60(77-10)48-34-72(7,8)38-54(58(48)66(87)93-14)81-29-21-22-30-81/h15-38,41-44H2,1-8,11-14H3/b49-45+,50-46+,59-47-,60-48+. The van der Waals surface area contributed by atoms with Crippen molar-refractivity contribution >= 4 is 47.8 Å². The second-order valence-electron chi connectivity index (χ2n) is 29.7. The zero-order valence-corrected chi connectivity index (χ0v) is 58.4. The highest BCUT2D eigenvalue weighted by atomic mass is 16.6. The molecule has 0 saturated carbocycles. The van der Waals surface area contributed by atoms with Crippen LogP contribution in [-0.4, -0.2) is 175 Å². The zero-order valence-electron chi connectivity index (χ0n) is 58.4. The van der Waals surface area contributed by atoms with Crippen molar-refractivity contribution in [3.05, 3.63) is 113 Å². The normalized spacial score (nSPS) is 22.7. The summed E-state index contributed by atoms with van der Waals surface area (Å²) in [5, 5.41) is 22.2. The molecule has 24 heteroatoms. The summed E-state index contributed by atoms with van der Waals surface area (Å²) >= 11 is 0. The van der Waals surface area contributed by atoms with E-state index in [0.29, 0.717) is 101 Å². The lowest BCUT2D eigenvalue weighted by atomic mass is 9.72. The van der Waals surface area contributed by atoms with Crippen molar-refractivity contribution in [2.75, 3.05) is 107 Å². The summed E-state index contributed by atoms with van der Waals surface area (Å²) in [7, 11) is 4.75. The smallest absolute Gasteiger partial charge is 0.349 e. The molecular weight excluding hydrogens is 1240 g/mol. The Morgan fingerprint density at radius 3 is 0.814 bits per heavy atom. The SMILES string of the molecule is [C-]#[N+]/C(C(=O)OCC(COC(=O)/C(C#N)=C1\CC(C)(C)CC(N2CCCC2)=C1C(=O)OC)(COC(=O)/C(C#N)=C1\CC(C)(C)CC(N2CCCC2)=C1C(=O)OC)COC(=O)/C([N+]#[C-])=C1/CC(C)(C)CC(N2CCCC2)=C1C(=O)OC)=C1/CC(C)(C)CC(N2CCCC2)=C1C(=O)OC. The fraction of sp³-hybridized carbons (Fsp3) is 0.616. The monoisotopic (exact) mass is 1340 g/mol. The maximum absolute atomic E-state index is 15.2. The second-order valence-corrected chi connectivity index (χ2v) is 29.7. The van der Waals surface area contributed by atoms with Gasteiger partial charge in [0.05, 0.1) is 63.9 Å². The highest BCUT2D eigenvalue weighted by Crippen LogP contribution is 2.50. The Labute approximate surface area is 569 Å². The quantitative estimate of drug-likeness (QED) is 0.0360. The summed E-state index contributed by atoms with van der Waals surface area (Å²) in [6.45, 7) is 33.1. The number of ether oxygens (including phenoxy) is 8. The number of allylic oxidation sites excluding steroid dienone is 4. The molecule has 4 fully saturated rings. The molecule has 4 aliphatic heterocycles. The van der Waals surface area contributed by atoms with E-state index in [2.05, 4.69) is 9.69 Å². The van der Waals surface area contributed by atoms with Gasteiger partial charge in [-0.25, -0.2) is 38.5 Å². The Kier molecular flexibility index (Phi) is 23.2. The van der Waals surface area contributed by atoms with Gasteiger partial charge in [-0.3, -0.25) is 9.59 Å². The number of nitrogens with zero attached hydrogens (tertiary/aromatic N) is 8. The molecule has 4 heterocycles. The van der Waals surface area contributed by atoms with Crippen LogP contribution in [0.25, 0.3) is 9.69 Å². The molecule has 0 atom stereocenters. The van der Waals surface area contributed by atoms with Crippen LogP contribution in [-0.2, 0) is 76.3 Å². The molecule has 0 aromatic rings. The van der Waals surface area contributed by atoms with Crippen LogP contribution < -0.4 is 0 Å². The van der Waals surface area contributed by atoms with Gasteiger partial charge in [-0.05, 0) is 147 Å². The lowest BCUT2D eigenvalue weighted by Crippen LogP contribution is -2.44. The molecule has 0 amide bonds. The van der Waals surface area contributed by atoms with Crippen molar-refractivity contribution in [2.24, 2.45) is 27.1 Å². The summed E-state index contributed by atoms with van der Waals surface area (Å²) in [6.07, 6.45) is 8.28. The average Bonchev–Trinajstić information content (AvgIpc) is 1.61. The van der Waals surface area contributed by atoms with Gasteiger partial charge in [0, 0.05) is 75.1 Å². The van der Waals surface area contributed by atoms with Gasteiger partial charge < -0.3 is 57.5 Å². The third-order valence-corrected chi connectivity index (χ3v) is 19.5. The van der Waals surface area contributed by atoms with Crippen LogP contribution in [0.3, 0.4) is 0 Å². The third kappa shape index (κ3) is 16.5. The molecule has 0 spiro atoms. The van der Waals surface area contributed by atoms with Crippen LogP contribution in [0.5, 0.6) is 0 Å². The van der Waals surface area contributed by atoms with Crippen LogP contribution in [0.2, 0.25) is 0 Å². The number of likely N-dealkylation sites (tertiary alicyclic amines) is 4.